The van der Waals surface area contributed by atoms with E-state index in [1.807, 2.05) is 0 Å². The minimum absolute atomic E-state index is 0.327. The zero-order valence-electron chi connectivity index (χ0n) is 10.6. The highest BCUT2D eigenvalue weighted by atomic mass is 31.2. The van der Waals surface area contributed by atoms with Crippen LogP contribution >= 0.6 is 7.14 Å². The normalized spacial score (nSPS) is 11.7. The Kier molecular flexibility index (Phi) is 3.26. The summed E-state index contributed by atoms with van der Waals surface area (Å²) in [7, 11) is -2.33. The maximum Gasteiger partial charge on any atom is 0.341 e. The van der Waals surface area contributed by atoms with E-state index in [0.717, 1.165) is 5.30 Å². The summed E-state index contributed by atoms with van der Waals surface area (Å²) in [6.45, 7) is 5.48. The molecule has 0 bridgehead atoms. The molecular formula is C12H15N2O3P. The Hall–Kier alpha value is -1.61. The number of esters is 1. The number of hydrogen-bond acceptors (Lipinski definition) is 4. The van der Waals surface area contributed by atoms with Crippen LogP contribution in [-0.4, -0.2) is 35.5 Å². The summed E-state index contributed by atoms with van der Waals surface area (Å²) in [5.74, 6) is -0.392. The molecule has 0 atom stereocenters. The lowest BCUT2D eigenvalue weighted by molar-refractivity contribution is 0.0528. The summed E-state index contributed by atoms with van der Waals surface area (Å²) >= 11 is 0. The van der Waals surface area contributed by atoms with Crippen LogP contribution in [0.2, 0.25) is 0 Å². The maximum absolute atomic E-state index is 12.0. The van der Waals surface area contributed by atoms with Gasteiger partial charge >= 0.3 is 5.97 Å². The monoisotopic (exact) mass is 266 g/mol. The number of hydrogen-bond donors (Lipinski definition) is 0. The Labute approximate surface area is 105 Å². The summed E-state index contributed by atoms with van der Waals surface area (Å²) in [5, 5.41) is 4.82. The van der Waals surface area contributed by atoms with E-state index in [1.54, 1.807) is 43.1 Å². The molecule has 2 aromatic heterocycles. The molecule has 0 N–H and O–H groups in total. The van der Waals surface area contributed by atoms with Crippen molar-refractivity contribution in [3.05, 3.63) is 30.1 Å². The summed E-state index contributed by atoms with van der Waals surface area (Å²) in [6.07, 6.45) is 3.16. The molecule has 0 fully saturated rings. The minimum Gasteiger partial charge on any atom is -0.462 e. The Balaban J connectivity index is 2.50. The number of carbonyl (C=O) groups excluding carboxylic acids is 1. The van der Waals surface area contributed by atoms with E-state index in [0.29, 0.717) is 17.7 Å². The van der Waals surface area contributed by atoms with Gasteiger partial charge in [0.1, 0.15) is 12.7 Å². The smallest absolute Gasteiger partial charge is 0.341 e. The first-order valence-electron chi connectivity index (χ1n) is 5.63. The van der Waals surface area contributed by atoms with Gasteiger partial charge < -0.3 is 9.30 Å². The van der Waals surface area contributed by atoms with Gasteiger partial charge in [0.25, 0.3) is 0 Å². The molecule has 2 heterocycles. The van der Waals surface area contributed by atoms with Crippen LogP contribution in [0.15, 0.2) is 24.5 Å². The van der Waals surface area contributed by atoms with E-state index >= 15 is 0 Å². The predicted octanol–water partition coefficient (Wildman–Crippen LogP) is 1.76. The van der Waals surface area contributed by atoms with Crippen molar-refractivity contribution in [3.8, 4) is 0 Å². The van der Waals surface area contributed by atoms with Gasteiger partial charge in [-0.15, -0.1) is 0 Å². The van der Waals surface area contributed by atoms with Crippen molar-refractivity contribution < 1.29 is 14.1 Å². The molecule has 0 aliphatic rings. The second-order valence-corrected chi connectivity index (χ2v) is 7.56. The van der Waals surface area contributed by atoms with E-state index in [1.165, 1.54) is 6.20 Å². The fourth-order valence-electron chi connectivity index (χ4n) is 1.66. The average Bonchev–Trinajstić information content (AvgIpc) is 2.70. The Bertz CT molecular complexity index is 642. The molecular weight excluding hydrogens is 251 g/mol. The molecule has 0 amide bonds. The Morgan fingerprint density at radius 3 is 2.78 bits per heavy atom. The molecule has 5 nitrogen and oxygen atoms in total. The van der Waals surface area contributed by atoms with Crippen molar-refractivity contribution in [1.29, 1.82) is 0 Å². The molecule has 0 saturated heterocycles. The first-order chi connectivity index (χ1) is 8.43. The molecule has 0 saturated carbocycles. The Morgan fingerprint density at radius 2 is 2.17 bits per heavy atom. The van der Waals surface area contributed by atoms with Crippen LogP contribution < -0.4 is 5.30 Å². The number of aromatic nitrogens is 2. The third-order valence-corrected chi connectivity index (χ3v) is 4.13. The van der Waals surface area contributed by atoms with Gasteiger partial charge in [0.05, 0.1) is 18.3 Å². The highest BCUT2D eigenvalue weighted by Gasteiger charge is 2.16. The van der Waals surface area contributed by atoms with Crippen LogP contribution in [-0.2, 0) is 9.30 Å². The second-order valence-electron chi connectivity index (χ2n) is 4.35. The first-order valence-corrected chi connectivity index (χ1v) is 8.23. The van der Waals surface area contributed by atoms with Crippen molar-refractivity contribution in [2.24, 2.45) is 0 Å². The van der Waals surface area contributed by atoms with E-state index in [4.69, 9.17) is 4.74 Å². The Morgan fingerprint density at radius 1 is 1.44 bits per heavy atom. The van der Waals surface area contributed by atoms with Crippen LogP contribution in [0.25, 0.3) is 5.52 Å². The third kappa shape index (κ3) is 2.31. The van der Waals surface area contributed by atoms with Crippen molar-refractivity contribution in [2.75, 3.05) is 19.9 Å². The molecule has 0 aliphatic carbocycles. The average molecular weight is 266 g/mol. The third-order valence-electron chi connectivity index (χ3n) is 2.62. The zero-order valence-corrected chi connectivity index (χ0v) is 11.5. The standard InChI is InChI=1S/C12H15N2O3P/c1-4-17-12(15)10-7-13-14-8-9(18(2,3)16)5-6-11(10)14/h5-8H,4H2,1-3H3. The van der Waals surface area contributed by atoms with Crippen LogP contribution in [0.1, 0.15) is 17.3 Å². The first kappa shape index (κ1) is 12.8. The maximum atomic E-state index is 12.0. The van der Waals surface area contributed by atoms with Gasteiger partial charge in [-0.25, -0.2) is 9.31 Å². The number of pyridine rings is 1. The van der Waals surface area contributed by atoms with Gasteiger partial charge in [-0.05, 0) is 32.4 Å². The summed E-state index contributed by atoms with van der Waals surface area (Å²) in [4.78, 5) is 11.7. The SMILES string of the molecule is CCOC(=O)c1cnn2cc(P(C)(C)=O)ccc12. The highest BCUT2D eigenvalue weighted by molar-refractivity contribution is 7.70. The number of ether oxygens (including phenoxy) is 1. The van der Waals surface area contributed by atoms with Crippen LogP contribution in [0.4, 0.5) is 0 Å². The molecule has 6 heteroatoms. The molecule has 0 aliphatic heterocycles. The van der Waals surface area contributed by atoms with Crippen LogP contribution in [0.5, 0.6) is 0 Å². The van der Waals surface area contributed by atoms with Gasteiger partial charge in [0.2, 0.25) is 0 Å². The van der Waals surface area contributed by atoms with Crippen LogP contribution in [0, 0.1) is 0 Å². The molecule has 96 valence electrons. The van der Waals surface area contributed by atoms with Gasteiger partial charge in [0, 0.05) is 11.5 Å². The number of rotatable bonds is 3. The van der Waals surface area contributed by atoms with Gasteiger partial charge in [-0.1, -0.05) is 0 Å². The van der Waals surface area contributed by atoms with Crippen molar-refractivity contribution in [2.45, 2.75) is 6.92 Å². The lowest BCUT2D eigenvalue weighted by Gasteiger charge is -2.07. The predicted molar refractivity (Wildman–Crippen MR) is 70.2 cm³/mol. The van der Waals surface area contributed by atoms with Crippen molar-refractivity contribution in [3.63, 3.8) is 0 Å². The molecule has 0 unspecified atom stereocenters. The van der Waals surface area contributed by atoms with E-state index in [2.05, 4.69) is 5.10 Å². The van der Waals surface area contributed by atoms with E-state index in [9.17, 15) is 9.36 Å². The van der Waals surface area contributed by atoms with Crippen molar-refractivity contribution in [1.82, 2.24) is 9.61 Å². The van der Waals surface area contributed by atoms with E-state index < -0.39 is 13.1 Å². The van der Waals surface area contributed by atoms with Gasteiger partial charge in [0.15, 0.2) is 0 Å². The number of carbonyl (C=O) groups is 1. The largest absolute Gasteiger partial charge is 0.462 e. The van der Waals surface area contributed by atoms with Crippen LogP contribution in [0.3, 0.4) is 0 Å². The zero-order chi connectivity index (χ0) is 13.3. The molecule has 2 aromatic rings. The number of fused-ring (bicyclic) bond motifs is 1. The molecule has 2 rings (SSSR count). The van der Waals surface area contributed by atoms with Gasteiger partial charge in [-0.2, -0.15) is 5.10 Å². The summed E-state index contributed by atoms with van der Waals surface area (Å²) in [6, 6.07) is 3.51. The fraction of sp³-hybridized carbons (Fsp3) is 0.333. The molecule has 0 radical (unpaired) electrons. The minimum atomic E-state index is -2.33. The second kappa shape index (κ2) is 4.58. The lowest BCUT2D eigenvalue weighted by atomic mass is 10.2. The van der Waals surface area contributed by atoms with Crippen molar-refractivity contribution >= 4 is 23.9 Å². The number of nitrogens with zero attached hydrogens (tertiary/aromatic N) is 2. The topological polar surface area (TPSA) is 60.7 Å². The fourth-order valence-corrected chi connectivity index (χ4v) is 2.48. The summed E-state index contributed by atoms with van der Waals surface area (Å²) < 4.78 is 18.5. The molecule has 18 heavy (non-hydrogen) atoms. The molecule has 0 spiro atoms. The van der Waals surface area contributed by atoms with Gasteiger partial charge in [-0.3, -0.25) is 0 Å². The summed E-state index contributed by atoms with van der Waals surface area (Å²) in [5.41, 5.74) is 1.08. The van der Waals surface area contributed by atoms with E-state index in [-0.39, 0.29) is 0 Å². The quantitative estimate of drug-likeness (QED) is 0.627. The lowest BCUT2D eigenvalue weighted by Crippen LogP contribution is -2.07. The molecule has 0 aromatic carbocycles. The highest BCUT2D eigenvalue weighted by Crippen LogP contribution is 2.34.